The molecule has 160 valence electrons. The first-order chi connectivity index (χ1) is 15.3. The van der Waals surface area contributed by atoms with E-state index >= 15 is 0 Å². The van der Waals surface area contributed by atoms with Crippen molar-refractivity contribution in [2.75, 3.05) is 18.8 Å². The summed E-state index contributed by atoms with van der Waals surface area (Å²) in [5.41, 5.74) is 5.18. The molecule has 0 bridgehead atoms. The quantitative estimate of drug-likeness (QED) is 0.528. The van der Waals surface area contributed by atoms with Gasteiger partial charge in [0.15, 0.2) is 10.3 Å². The Labute approximate surface area is 193 Å². The summed E-state index contributed by atoms with van der Waals surface area (Å²) in [5.74, 6) is 0.938. The summed E-state index contributed by atoms with van der Waals surface area (Å²) >= 11 is 3.64. The van der Waals surface area contributed by atoms with Crippen molar-refractivity contribution >= 4 is 39.5 Å². The molecule has 5 rings (SSSR count). The van der Waals surface area contributed by atoms with E-state index in [9.17, 15) is 0 Å². The Bertz CT molecular complexity index is 1020. The fraction of sp³-hybridized carbons (Fsp3) is 0.360. The van der Waals surface area contributed by atoms with Gasteiger partial charge in [-0.25, -0.2) is 4.99 Å². The third-order valence-corrected chi connectivity index (χ3v) is 7.82. The average Bonchev–Trinajstić information content (AvgIpc) is 3.37. The summed E-state index contributed by atoms with van der Waals surface area (Å²) in [5, 5.41) is 4.59. The van der Waals surface area contributed by atoms with Crippen LogP contribution in [0.1, 0.15) is 30.9 Å². The Balaban J connectivity index is 1.23. The van der Waals surface area contributed by atoms with Crippen molar-refractivity contribution in [2.45, 2.75) is 38.8 Å². The van der Waals surface area contributed by atoms with Crippen LogP contribution in [0.3, 0.4) is 0 Å². The van der Waals surface area contributed by atoms with Gasteiger partial charge >= 0.3 is 0 Å². The molecule has 1 unspecified atom stereocenters. The maximum atomic E-state index is 5.02. The normalized spacial score (nSPS) is 19.6. The van der Waals surface area contributed by atoms with Crippen LogP contribution in [0.2, 0.25) is 0 Å². The van der Waals surface area contributed by atoms with Gasteiger partial charge in [0.2, 0.25) is 0 Å². The first-order valence-corrected chi connectivity index (χ1v) is 13.0. The van der Waals surface area contributed by atoms with Crippen LogP contribution in [-0.4, -0.2) is 45.0 Å². The molecule has 0 radical (unpaired) electrons. The zero-order valence-electron chi connectivity index (χ0n) is 17.9. The maximum Gasteiger partial charge on any atom is 0.168 e. The second-order valence-corrected chi connectivity index (χ2v) is 9.96. The molecule has 3 aliphatic rings. The number of para-hydroxylation sites is 1. The highest BCUT2D eigenvalue weighted by molar-refractivity contribution is 8.17. The minimum absolute atomic E-state index is 0.346. The van der Waals surface area contributed by atoms with E-state index in [0.717, 1.165) is 47.8 Å². The van der Waals surface area contributed by atoms with E-state index in [1.54, 1.807) is 11.8 Å². The van der Waals surface area contributed by atoms with Crippen molar-refractivity contribution < 1.29 is 0 Å². The number of amidine groups is 2. The van der Waals surface area contributed by atoms with Crippen molar-refractivity contribution in [3.8, 4) is 0 Å². The summed E-state index contributed by atoms with van der Waals surface area (Å²) in [7, 11) is 0. The minimum Gasteiger partial charge on any atom is -0.347 e. The first kappa shape index (κ1) is 20.7. The largest absolute Gasteiger partial charge is 0.347 e. The summed E-state index contributed by atoms with van der Waals surface area (Å²) in [6.07, 6.45) is 3.41. The molecule has 3 aliphatic heterocycles. The lowest BCUT2D eigenvalue weighted by Gasteiger charge is -2.30. The van der Waals surface area contributed by atoms with Crippen molar-refractivity contribution in [1.82, 2.24) is 9.80 Å². The van der Waals surface area contributed by atoms with Gasteiger partial charge in [0.25, 0.3) is 0 Å². The monoisotopic (exact) mass is 448 g/mol. The lowest BCUT2D eigenvalue weighted by molar-refractivity contribution is 0.405. The third-order valence-electron chi connectivity index (χ3n) is 5.85. The van der Waals surface area contributed by atoms with Crippen LogP contribution in [0.5, 0.6) is 0 Å². The van der Waals surface area contributed by atoms with E-state index in [1.165, 1.54) is 29.7 Å². The molecule has 0 amide bonds. The van der Waals surface area contributed by atoms with Gasteiger partial charge in [-0.3, -0.25) is 4.99 Å². The van der Waals surface area contributed by atoms with Gasteiger partial charge in [-0.2, -0.15) is 0 Å². The van der Waals surface area contributed by atoms with Gasteiger partial charge in [-0.05, 0) is 35.4 Å². The van der Waals surface area contributed by atoms with Crippen LogP contribution in [0.15, 0.2) is 75.7 Å². The third kappa shape index (κ3) is 4.70. The van der Waals surface area contributed by atoms with Crippen LogP contribution < -0.4 is 0 Å². The van der Waals surface area contributed by atoms with Crippen LogP contribution in [-0.2, 0) is 13.0 Å². The number of unbranched alkanes of at least 4 members (excludes halogenated alkanes) is 1. The minimum atomic E-state index is 0.346. The molecule has 0 aromatic heterocycles. The van der Waals surface area contributed by atoms with Crippen LogP contribution in [0.4, 0.5) is 5.69 Å². The number of hydrogen-bond acceptors (Lipinski definition) is 6. The molecule has 2 aromatic rings. The fourth-order valence-corrected chi connectivity index (χ4v) is 6.27. The van der Waals surface area contributed by atoms with Crippen molar-refractivity contribution in [3.63, 3.8) is 0 Å². The summed E-state index contributed by atoms with van der Waals surface area (Å²) in [6.45, 7) is 5.27. The zero-order chi connectivity index (χ0) is 21.0. The molecule has 2 aromatic carbocycles. The SMILES string of the molecule is CCCCN1Cc2ccccc2N=C1SCC1=CSC2=NC(Cc3ccccc3)CN12. The predicted octanol–water partition coefficient (Wildman–Crippen LogP) is 5.89. The molecular weight excluding hydrogens is 420 g/mol. The van der Waals surface area contributed by atoms with E-state index in [0.29, 0.717) is 6.04 Å². The van der Waals surface area contributed by atoms with Gasteiger partial charge in [0, 0.05) is 31.1 Å². The molecule has 0 saturated heterocycles. The van der Waals surface area contributed by atoms with E-state index in [1.807, 2.05) is 11.8 Å². The Hall–Kier alpha value is -2.18. The number of hydrogen-bond donors (Lipinski definition) is 0. The Kier molecular flexibility index (Phi) is 6.37. The molecule has 6 heteroatoms. The molecule has 4 nitrogen and oxygen atoms in total. The Morgan fingerprint density at radius 1 is 1.10 bits per heavy atom. The number of thioether (sulfide) groups is 2. The summed E-state index contributed by atoms with van der Waals surface area (Å²) in [6, 6.07) is 19.6. The van der Waals surface area contributed by atoms with E-state index in [2.05, 4.69) is 76.7 Å². The first-order valence-electron chi connectivity index (χ1n) is 11.1. The molecule has 3 heterocycles. The van der Waals surface area contributed by atoms with Gasteiger partial charge in [-0.15, -0.1) is 0 Å². The molecule has 0 N–H and O–H groups in total. The maximum absolute atomic E-state index is 5.02. The van der Waals surface area contributed by atoms with Crippen LogP contribution >= 0.6 is 23.5 Å². The lowest BCUT2D eigenvalue weighted by Crippen LogP contribution is -2.32. The van der Waals surface area contributed by atoms with Crippen molar-refractivity contribution in [3.05, 3.63) is 76.8 Å². The average molecular weight is 449 g/mol. The van der Waals surface area contributed by atoms with Gasteiger partial charge in [0.05, 0.1) is 11.7 Å². The zero-order valence-corrected chi connectivity index (χ0v) is 19.5. The van der Waals surface area contributed by atoms with E-state index in [-0.39, 0.29) is 0 Å². The summed E-state index contributed by atoms with van der Waals surface area (Å²) in [4.78, 5) is 14.9. The van der Waals surface area contributed by atoms with Crippen molar-refractivity contribution in [1.29, 1.82) is 0 Å². The van der Waals surface area contributed by atoms with Crippen LogP contribution in [0.25, 0.3) is 0 Å². The molecule has 0 fully saturated rings. The Morgan fingerprint density at radius 2 is 1.94 bits per heavy atom. The molecule has 0 aliphatic carbocycles. The summed E-state index contributed by atoms with van der Waals surface area (Å²) < 4.78 is 0. The molecular formula is C25H28N4S2. The standard InChI is InChI=1S/C25H28N4S2/c1-2-3-13-28-15-20-11-7-8-12-23(20)27-24(28)30-17-22-18-31-25-26-21(16-29(22)25)14-19-9-5-4-6-10-19/h4-12,18,21H,2-3,13-17H2,1H3. The van der Waals surface area contributed by atoms with Gasteiger partial charge in [0.1, 0.15) is 0 Å². The smallest absolute Gasteiger partial charge is 0.168 e. The highest BCUT2D eigenvalue weighted by Gasteiger charge is 2.32. The highest BCUT2D eigenvalue weighted by atomic mass is 32.2. The molecule has 1 atom stereocenters. The lowest BCUT2D eigenvalue weighted by atomic mass is 10.1. The highest BCUT2D eigenvalue weighted by Crippen LogP contribution is 2.36. The number of rotatable bonds is 7. The van der Waals surface area contributed by atoms with Gasteiger partial charge < -0.3 is 9.80 Å². The number of nitrogens with zero attached hydrogens (tertiary/aromatic N) is 4. The van der Waals surface area contributed by atoms with E-state index in [4.69, 9.17) is 9.98 Å². The molecule has 31 heavy (non-hydrogen) atoms. The van der Waals surface area contributed by atoms with Gasteiger partial charge in [-0.1, -0.05) is 85.4 Å². The number of fused-ring (bicyclic) bond motifs is 2. The second kappa shape index (κ2) is 9.53. The fourth-order valence-electron chi connectivity index (χ4n) is 4.17. The number of benzene rings is 2. The Morgan fingerprint density at radius 3 is 2.81 bits per heavy atom. The predicted molar refractivity (Wildman–Crippen MR) is 135 cm³/mol. The van der Waals surface area contributed by atoms with Crippen LogP contribution in [0, 0.1) is 0 Å². The van der Waals surface area contributed by atoms with E-state index < -0.39 is 0 Å². The number of aliphatic imine (C=N–C) groups is 2. The molecule has 0 saturated carbocycles. The molecule has 0 spiro atoms. The second-order valence-electron chi connectivity index (χ2n) is 8.18. The topological polar surface area (TPSA) is 31.2 Å². The van der Waals surface area contributed by atoms with Crippen molar-refractivity contribution in [2.24, 2.45) is 9.98 Å².